The summed E-state index contributed by atoms with van der Waals surface area (Å²) in [6.07, 6.45) is 2.25. The monoisotopic (exact) mass is 227 g/mol. The highest BCUT2D eigenvalue weighted by molar-refractivity contribution is 5.85. The van der Waals surface area contributed by atoms with Crippen LogP contribution in [0.1, 0.15) is 25.3 Å². The van der Waals surface area contributed by atoms with Crippen LogP contribution >= 0.6 is 0 Å². The van der Waals surface area contributed by atoms with Gasteiger partial charge in [-0.3, -0.25) is 0 Å². The number of nitrogens with one attached hydrogen (secondary N) is 1. The Kier molecular flexibility index (Phi) is 2.33. The van der Waals surface area contributed by atoms with Crippen LogP contribution in [0.5, 0.6) is 5.75 Å². The molecule has 1 unspecified atom stereocenters. The molecule has 1 aliphatic rings. The maximum atomic E-state index is 10.2. The van der Waals surface area contributed by atoms with Gasteiger partial charge in [-0.1, -0.05) is 24.3 Å². The van der Waals surface area contributed by atoms with Gasteiger partial charge in [0.2, 0.25) is 0 Å². The molecule has 1 aliphatic heterocycles. The quantitative estimate of drug-likeness (QED) is 0.784. The lowest BCUT2D eigenvalue weighted by Crippen LogP contribution is -2.33. The second-order valence-electron chi connectivity index (χ2n) is 5.08. The Hall–Kier alpha value is -1.54. The Bertz CT molecular complexity index is 556. The van der Waals surface area contributed by atoms with Crippen molar-refractivity contribution in [3.63, 3.8) is 0 Å². The van der Waals surface area contributed by atoms with Crippen LogP contribution in [0.15, 0.2) is 36.4 Å². The van der Waals surface area contributed by atoms with Crippen LogP contribution < -0.4 is 5.32 Å². The third-order valence-corrected chi connectivity index (χ3v) is 3.83. The van der Waals surface area contributed by atoms with E-state index in [1.54, 1.807) is 0 Å². The molecule has 0 aliphatic carbocycles. The SMILES string of the molecule is CC1(c2cc3ccccc3cc2O)CCCN1. The van der Waals surface area contributed by atoms with Crippen molar-refractivity contribution < 1.29 is 5.11 Å². The molecule has 2 nitrogen and oxygen atoms in total. The molecule has 3 rings (SSSR count). The summed E-state index contributed by atoms with van der Waals surface area (Å²) in [6, 6.07) is 12.1. The molecule has 0 bridgehead atoms. The lowest BCUT2D eigenvalue weighted by atomic mass is 9.88. The van der Waals surface area contributed by atoms with Gasteiger partial charge in [-0.15, -0.1) is 0 Å². The lowest BCUT2D eigenvalue weighted by molar-refractivity contribution is 0.395. The second-order valence-corrected chi connectivity index (χ2v) is 5.08. The van der Waals surface area contributed by atoms with E-state index in [1.807, 2.05) is 24.3 Å². The van der Waals surface area contributed by atoms with E-state index in [0.717, 1.165) is 23.9 Å². The average Bonchev–Trinajstić information content (AvgIpc) is 2.76. The molecular formula is C15H17NO. The van der Waals surface area contributed by atoms with Gasteiger partial charge in [0.15, 0.2) is 0 Å². The minimum absolute atomic E-state index is 0.0753. The summed E-state index contributed by atoms with van der Waals surface area (Å²) in [5.41, 5.74) is 0.947. The molecular weight excluding hydrogens is 210 g/mol. The summed E-state index contributed by atoms with van der Waals surface area (Å²) >= 11 is 0. The van der Waals surface area contributed by atoms with Gasteiger partial charge in [0.1, 0.15) is 5.75 Å². The van der Waals surface area contributed by atoms with Crippen LogP contribution in [-0.4, -0.2) is 11.7 Å². The highest BCUT2D eigenvalue weighted by Gasteiger charge is 2.32. The molecule has 2 N–H and O–H groups in total. The number of aromatic hydroxyl groups is 1. The Labute approximate surface area is 101 Å². The fourth-order valence-electron chi connectivity index (χ4n) is 2.79. The van der Waals surface area contributed by atoms with Gasteiger partial charge in [-0.05, 0) is 49.2 Å². The normalized spacial score (nSPS) is 24.3. The van der Waals surface area contributed by atoms with Crippen LogP contribution in [-0.2, 0) is 5.54 Å². The van der Waals surface area contributed by atoms with Gasteiger partial charge in [0, 0.05) is 11.1 Å². The van der Waals surface area contributed by atoms with Gasteiger partial charge in [-0.2, -0.15) is 0 Å². The van der Waals surface area contributed by atoms with Gasteiger partial charge in [-0.25, -0.2) is 0 Å². The standard InChI is InChI=1S/C15H17NO/c1-15(7-4-8-16-15)13-9-11-5-2-3-6-12(11)10-14(13)17/h2-3,5-6,9-10,16-17H,4,7-8H2,1H3. The highest BCUT2D eigenvalue weighted by atomic mass is 16.3. The van der Waals surface area contributed by atoms with Crippen LogP contribution in [0.25, 0.3) is 10.8 Å². The number of rotatable bonds is 1. The summed E-state index contributed by atoms with van der Waals surface area (Å²) in [7, 11) is 0. The molecule has 1 atom stereocenters. The maximum Gasteiger partial charge on any atom is 0.121 e. The van der Waals surface area contributed by atoms with Crippen LogP contribution in [0.2, 0.25) is 0 Å². The van der Waals surface area contributed by atoms with Gasteiger partial charge < -0.3 is 10.4 Å². The minimum Gasteiger partial charge on any atom is -0.508 e. The van der Waals surface area contributed by atoms with E-state index in [9.17, 15) is 5.11 Å². The molecule has 2 aromatic carbocycles. The number of fused-ring (bicyclic) bond motifs is 1. The molecule has 0 radical (unpaired) electrons. The second kappa shape index (κ2) is 3.74. The predicted octanol–water partition coefficient (Wildman–Crippen LogP) is 3.14. The van der Waals surface area contributed by atoms with Gasteiger partial charge in [0.05, 0.1) is 0 Å². The van der Waals surface area contributed by atoms with Crippen molar-refractivity contribution in [1.82, 2.24) is 5.32 Å². The summed E-state index contributed by atoms with van der Waals surface area (Å²) in [5, 5.41) is 16.0. The predicted molar refractivity (Wildman–Crippen MR) is 70.2 cm³/mol. The molecule has 2 aromatic rings. The fraction of sp³-hybridized carbons (Fsp3) is 0.333. The van der Waals surface area contributed by atoms with Crippen molar-refractivity contribution in [2.75, 3.05) is 6.54 Å². The Morgan fingerprint density at radius 2 is 1.88 bits per heavy atom. The average molecular weight is 227 g/mol. The van der Waals surface area contributed by atoms with E-state index in [2.05, 4.69) is 24.4 Å². The molecule has 1 saturated heterocycles. The minimum atomic E-state index is -0.0753. The number of hydrogen-bond donors (Lipinski definition) is 2. The van der Waals surface area contributed by atoms with Crippen molar-refractivity contribution in [3.05, 3.63) is 42.0 Å². The number of hydrogen-bond acceptors (Lipinski definition) is 2. The topological polar surface area (TPSA) is 32.3 Å². The Morgan fingerprint density at radius 1 is 1.18 bits per heavy atom. The third kappa shape index (κ3) is 1.69. The summed E-state index contributed by atoms with van der Waals surface area (Å²) in [6.45, 7) is 3.20. The fourth-order valence-corrected chi connectivity index (χ4v) is 2.79. The molecule has 2 heteroatoms. The summed E-state index contributed by atoms with van der Waals surface area (Å²) < 4.78 is 0. The lowest BCUT2D eigenvalue weighted by Gasteiger charge is -2.26. The largest absolute Gasteiger partial charge is 0.508 e. The number of phenols is 1. The molecule has 0 spiro atoms. The molecule has 88 valence electrons. The van der Waals surface area contributed by atoms with Crippen LogP contribution in [0, 0.1) is 0 Å². The summed E-state index contributed by atoms with van der Waals surface area (Å²) in [4.78, 5) is 0. The third-order valence-electron chi connectivity index (χ3n) is 3.83. The zero-order valence-electron chi connectivity index (χ0n) is 10.0. The van der Waals surface area contributed by atoms with Gasteiger partial charge >= 0.3 is 0 Å². The molecule has 17 heavy (non-hydrogen) atoms. The van der Waals surface area contributed by atoms with E-state index < -0.39 is 0 Å². The maximum absolute atomic E-state index is 10.2. The molecule has 1 heterocycles. The molecule has 0 amide bonds. The number of benzene rings is 2. The molecule has 0 saturated carbocycles. The highest BCUT2D eigenvalue weighted by Crippen LogP contribution is 2.37. The zero-order chi connectivity index (χ0) is 11.9. The van der Waals surface area contributed by atoms with Crippen molar-refractivity contribution >= 4 is 10.8 Å². The number of phenolic OH excluding ortho intramolecular Hbond substituents is 1. The van der Waals surface area contributed by atoms with Crippen molar-refractivity contribution in [1.29, 1.82) is 0 Å². The van der Waals surface area contributed by atoms with Crippen molar-refractivity contribution in [2.45, 2.75) is 25.3 Å². The zero-order valence-corrected chi connectivity index (χ0v) is 10.0. The smallest absolute Gasteiger partial charge is 0.121 e. The first kappa shape index (κ1) is 10.6. The van der Waals surface area contributed by atoms with Crippen molar-refractivity contribution in [3.8, 4) is 5.75 Å². The first-order valence-electron chi connectivity index (χ1n) is 6.16. The first-order chi connectivity index (χ1) is 8.19. The van der Waals surface area contributed by atoms with E-state index >= 15 is 0 Å². The first-order valence-corrected chi connectivity index (χ1v) is 6.16. The van der Waals surface area contributed by atoms with Crippen LogP contribution in [0.3, 0.4) is 0 Å². The van der Waals surface area contributed by atoms with Crippen molar-refractivity contribution in [2.24, 2.45) is 0 Å². The van der Waals surface area contributed by atoms with E-state index in [0.29, 0.717) is 5.75 Å². The van der Waals surface area contributed by atoms with E-state index in [1.165, 1.54) is 11.8 Å². The Morgan fingerprint density at radius 3 is 2.53 bits per heavy atom. The van der Waals surface area contributed by atoms with E-state index in [-0.39, 0.29) is 5.54 Å². The van der Waals surface area contributed by atoms with Crippen LogP contribution in [0.4, 0.5) is 0 Å². The molecule has 1 fully saturated rings. The summed E-state index contributed by atoms with van der Waals surface area (Å²) in [5.74, 6) is 0.403. The van der Waals surface area contributed by atoms with Gasteiger partial charge in [0.25, 0.3) is 0 Å². The Balaban J connectivity index is 2.19. The molecule has 0 aromatic heterocycles. The van der Waals surface area contributed by atoms with E-state index in [4.69, 9.17) is 0 Å².